The molecule has 1 saturated carbocycles. The summed E-state index contributed by atoms with van der Waals surface area (Å²) in [6.07, 6.45) is 10.3. The second-order valence-electron chi connectivity index (χ2n) is 4.41. The number of hydrogen-bond acceptors (Lipinski definition) is 0. The van der Waals surface area contributed by atoms with E-state index >= 15 is 0 Å². The van der Waals surface area contributed by atoms with Crippen LogP contribution in [0.2, 0.25) is 0 Å². The summed E-state index contributed by atoms with van der Waals surface area (Å²) in [5, 5.41) is 0. The van der Waals surface area contributed by atoms with Gasteiger partial charge < -0.3 is 0 Å². The van der Waals surface area contributed by atoms with Gasteiger partial charge in [0.2, 0.25) is 0 Å². The van der Waals surface area contributed by atoms with Crippen molar-refractivity contribution in [3.8, 4) is 0 Å². The van der Waals surface area contributed by atoms with Gasteiger partial charge in [-0.1, -0.05) is 23.8 Å². The first-order valence-electron chi connectivity index (χ1n) is 4.70. The maximum Gasteiger partial charge on any atom is -0.0131 e. The Bertz CT molecular complexity index is 247. The van der Waals surface area contributed by atoms with E-state index in [9.17, 15) is 0 Å². The molecule has 0 aromatic rings. The Kier molecular flexibility index (Phi) is 0.988. The van der Waals surface area contributed by atoms with E-state index in [4.69, 9.17) is 0 Å². The van der Waals surface area contributed by atoms with Crippen molar-refractivity contribution < 1.29 is 0 Å². The molecule has 0 heteroatoms. The predicted octanol–water partition coefficient (Wildman–Crippen LogP) is 2.77. The molecule has 2 bridgehead atoms. The largest absolute Gasteiger partial charge is 0.0848 e. The van der Waals surface area contributed by atoms with Crippen LogP contribution in [0, 0.1) is 23.7 Å². The van der Waals surface area contributed by atoms with Gasteiger partial charge in [0.05, 0.1) is 0 Å². The highest BCUT2D eigenvalue weighted by molar-refractivity contribution is 5.25. The van der Waals surface area contributed by atoms with Gasteiger partial charge in [-0.15, -0.1) is 0 Å². The summed E-state index contributed by atoms with van der Waals surface area (Å²) in [6, 6.07) is 0. The second-order valence-corrected chi connectivity index (χ2v) is 4.41. The zero-order valence-corrected chi connectivity index (χ0v) is 6.96. The summed E-state index contributed by atoms with van der Waals surface area (Å²) < 4.78 is 0. The molecule has 0 saturated heterocycles. The molecule has 0 spiro atoms. The smallest absolute Gasteiger partial charge is 0.0131 e. The highest BCUT2D eigenvalue weighted by Crippen LogP contribution is 2.54. The fraction of sp³-hybridized carbons (Fsp3) is 0.636. The summed E-state index contributed by atoms with van der Waals surface area (Å²) in [4.78, 5) is 0. The minimum absolute atomic E-state index is 0.919. The summed E-state index contributed by atoms with van der Waals surface area (Å²) in [7, 11) is 0. The van der Waals surface area contributed by atoms with Crippen molar-refractivity contribution in [3.05, 3.63) is 23.8 Å². The maximum atomic E-state index is 2.53. The lowest BCUT2D eigenvalue weighted by atomic mass is 9.86. The highest BCUT2D eigenvalue weighted by Gasteiger charge is 2.45. The van der Waals surface area contributed by atoms with Gasteiger partial charge in [-0.25, -0.2) is 0 Å². The van der Waals surface area contributed by atoms with Crippen LogP contribution in [0.25, 0.3) is 0 Å². The molecule has 0 amide bonds. The standard InChI is InChI=1S/C11H14/c1-7-4-10-8-2-3-9(6-8)11(10)5-7/h2-4,8-11H,5-6H2,1H3/t8-,9+,10+,11+/m1/s1. The van der Waals surface area contributed by atoms with Crippen LogP contribution in [-0.4, -0.2) is 0 Å². The van der Waals surface area contributed by atoms with Gasteiger partial charge in [-0.05, 0) is 43.4 Å². The molecule has 1 fully saturated rings. The fourth-order valence-electron chi connectivity index (χ4n) is 3.27. The van der Waals surface area contributed by atoms with Crippen LogP contribution in [0.3, 0.4) is 0 Å². The number of hydrogen-bond donors (Lipinski definition) is 0. The Balaban J connectivity index is 1.99. The van der Waals surface area contributed by atoms with E-state index < -0.39 is 0 Å². The van der Waals surface area contributed by atoms with E-state index in [1.807, 2.05) is 0 Å². The Morgan fingerprint density at radius 3 is 2.91 bits per heavy atom. The third-order valence-corrected chi connectivity index (χ3v) is 3.72. The molecule has 0 radical (unpaired) electrons. The van der Waals surface area contributed by atoms with Crippen molar-refractivity contribution in [2.45, 2.75) is 19.8 Å². The monoisotopic (exact) mass is 146 g/mol. The first kappa shape index (κ1) is 6.05. The first-order chi connectivity index (χ1) is 5.34. The number of fused-ring (bicyclic) bond motifs is 5. The molecular formula is C11H14. The van der Waals surface area contributed by atoms with E-state index in [2.05, 4.69) is 25.2 Å². The first-order valence-corrected chi connectivity index (χ1v) is 4.70. The molecule has 0 aromatic carbocycles. The zero-order chi connectivity index (χ0) is 7.42. The minimum Gasteiger partial charge on any atom is -0.0848 e. The molecule has 0 aliphatic heterocycles. The molecule has 0 N–H and O–H groups in total. The fourth-order valence-corrected chi connectivity index (χ4v) is 3.27. The Morgan fingerprint density at radius 1 is 1.27 bits per heavy atom. The van der Waals surface area contributed by atoms with Crippen molar-refractivity contribution in [1.82, 2.24) is 0 Å². The van der Waals surface area contributed by atoms with Crippen molar-refractivity contribution in [2.24, 2.45) is 23.7 Å². The second kappa shape index (κ2) is 1.80. The van der Waals surface area contributed by atoms with Crippen molar-refractivity contribution in [2.75, 3.05) is 0 Å². The molecule has 0 heterocycles. The average Bonchev–Trinajstić information content (AvgIpc) is 2.53. The molecule has 3 rings (SSSR count). The molecule has 0 nitrogen and oxygen atoms in total. The average molecular weight is 146 g/mol. The van der Waals surface area contributed by atoms with Crippen LogP contribution in [0.4, 0.5) is 0 Å². The summed E-state index contributed by atoms with van der Waals surface area (Å²) in [5.41, 5.74) is 1.64. The van der Waals surface area contributed by atoms with Gasteiger partial charge in [0, 0.05) is 0 Å². The highest BCUT2D eigenvalue weighted by atomic mass is 14.5. The zero-order valence-electron chi connectivity index (χ0n) is 6.96. The normalized spacial score (nSPS) is 51.5. The lowest BCUT2D eigenvalue weighted by Crippen LogP contribution is -2.12. The van der Waals surface area contributed by atoms with E-state index in [0.29, 0.717) is 0 Å². The van der Waals surface area contributed by atoms with Crippen molar-refractivity contribution in [1.29, 1.82) is 0 Å². The Labute approximate surface area is 68.0 Å². The van der Waals surface area contributed by atoms with Crippen LogP contribution in [0.1, 0.15) is 19.8 Å². The maximum absolute atomic E-state index is 2.53. The SMILES string of the molecule is CC1=C[C@@H]2[C@@H](C1)[C@H]1C=C[C@@H]2C1. The number of rotatable bonds is 0. The van der Waals surface area contributed by atoms with Crippen LogP contribution in [-0.2, 0) is 0 Å². The van der Waals surface area contributed by atoms with Crippen LogP contribution < -0.4 is 0 Å². The molecular weight excluding hydrogens is 132 g/mol. The van der Waals surface area contributed by atoms with E-state index in [0.717, 1.165) is 23.7 Å². The van der Waals surface area contributed by atoms with Gasteiger partial charge >= 0.3 is 0 Å². The van der Waals surface area contributed by atoms with Crippen LogP contribution in [0.5, 0.6) is 0 Å². The summed E-state index contributed by atoms with van der Waals surface area (Å²) in [5.74, 6) is 3.80. The minimum atomic E-state index is 0.919. The van der Waals surface area contributed by atoms with Gasteiger partial charge in [0.1, 0.15) is 0 Å². The topological polar surface area (TPSA) is 0 Å². The third-order valence-electron chi connectivity index (χ3n) is 3.72. The van der Waals surface area contributed by atoms with Gasteiger partial charge in [-0.3, -0.25) is 0 Å². The third kappa shape index (κ3) is 0.654. The number of allylic oxidation sites excluding steroid dienone is 4. The predicted molar refractivity (Wildman–Crippen MR) is 46.1 cm³/mol. The van der Waals surface area contributed by atoms with Gasteiger partial charge in [0.15, 0.2) is 0 Å². The van der Waals surface area contributed by atoms with E-state index in [1.54, 1.807) is 5.57 Å². The molecule has 0 aromatic heterocycles. The van der Waals surface area contributed by atoms with E-state index in [-0.39, 0.29) is 0 Å². The Hall–Kier alpha value is -0.520. The Morgan fingerprint density at radius 2 is 2.09 bits per heavy atom. The van der Waals surface area contributed by atoms with Crippen molar-refractivity contribution in [3.63, 3.8) is 0 Å². The summed E-state index contributed by atoms with van der Waals surface area (Å²) >= 11 is 0. The van der Waals surface area contributed by atoms with Crippen LogP contribution >= 0.6 is 0 Å². The van der Waals surface area contributed by atoms with Gasteiger partial charge in [0.25, 0.3) is 0 Å². The van der Waals surface area contributed by atoms with Gasteiger partial charge in [-0.2, -0.15) is 0 Å². The molecule has 58 valence electrons. The molecule has 0 unspecified atom stereocenters. The molecule has 4 atom stereocenters. The molecule has 3 aliphatic rings. The van der Waals surface area contributed by atoms with Crippen molar-refractivity contribution >= 4 is 0 Å². The summed E-state index contributed by atoms with van der Waals surface area (Å²) in [6.45, 7) is 2.29. The molecule has 11 heavy (non-hydrogen) atoms. The lowest BCUT2D eigenvalue weighted by Gasteiger charge is -2.19. The lowest BCUT2D eigenvalue weighted by molar-refractivity contribution is 0.395. The van der Waals surface area contributed by atoms with E-state index in [1.165, 1.54) is 12.8 Å². The molecule has 3 aliphatic carbocycles. The van der Waals surface area contributed by atoms with Crippen LogP contribution in [0.15, 0.2) is 23.8 Å². The quantitative estimate of drug-likeness (QED) is 0.461.